The minimum absolute atomic E-state index is 0.106. The molecule has 2 heterocycles. The van der Waals surface area contributed by atoms with Gasteiger partial charge in [-0.05, 0) is 36.4 Å². The van der Waals surface area contributed by atoms with Crippen LogP contribution in [0.25, 0.3) is 5.76 Å². The number of aliphatic hydroxyl groups excluding tert-OH is 1. The van der Waals surface area contributed by atoms with Gasteiger partial charge in [-0.15, -0.1) is 0 Å². The van der Waals surface area contributed by atoms with Crippen LogP contribution in [-0.2, 0) is 19.6 Å². The van der Waals surface area contributed by atoms with Gasteiger partial charge >= 0.3 is 0 Å². The van der Waals surface area contributed by atoms with Gasteiger partial charge in [-0.3, -0.25) is 19.5 Å². The van der Waals surface area contributed by atoms with Crippen LogP contribution in [0.5, 0.6) is 0 Å². The molecule has 31 heavy (non-hydrogen) atoms. The Morgan fingerprint density at radius 1 is 0.935 bits per heavy atom. The van der Waals surface area contributed by atoms with Gasteiger partial charge in [0.15, 0.2) is 0 Å². The number of hydrogen-bond acceptors (Lipinski definition) is 6. The highest BCUT2D eigenvalue weighted by Gasteiger charge is 2.47. The van der Waals surface area contributed by atoms with Gasteiger partial charge in [0.25, 0.3) is 11.7 Å². The predicted octanol–water partition coefficient (Wildman–Crippen LogP) is 2.36. The lowest BCUT2D eigenvalue weighted by Crippen LogP contribution is -2.29. The van der Waals surface area contributed by atoms with Crippen LogP contribution in [-0.4, -0.2) is 30.2 Å². The van der Waals surface area contributed by atoms with E-state index in [0.717, 1.165) is 0 Å². The summed E-state index contributed by atoms with van der Waals surface area (Å²) in [6.07, 6.45) is 1.52. The number of aromatic nitrogens is 1. The van der Waals surface area contributed by atoms with Crippen molar-refractivity contribution in [3.8, 4) is 0 Å². The molecule has 1 saturated heterocycles. The van der Waals surface area contributed by atoms with Crippen LogP contribution in [0.15, 0.2) is 89.5 Å². The summed E-state index contributed by atoms with van der Waals surface area (Å²) in [6, 6.07) is 17.7. The third-order valence-corrected chi connectivity index (χ3v) is 5.83. The summed E-state index contributed by atoms with van der Waals surface area (Å²) < 4.78 is 23.1. The minimum Gasteiger partial charge on any atom is -0.507 e. The van der Waals surface area contributed by atoms with Crippen molar-refractivity contribution in [1.82, 2.24) is 4.98 Å². The summed E-state index contributed by atoms with van der Waals surface area (Å²) in [4.78, 5) is 31.3. The van der Waals surface area contributed by atoms with Crippen LogP contribution in [0.2, 0.25) is 0 Å². The van der Waals surface area contributed by atoms with E-state index in [1.54, 1.807) is 48.5 Å². The number of carbonyl (C=O) groups excluding carboxylic acids is 2. The topological polar surface area (TPSA) is 131 Å². The second-order valence-electron chi connectivity index (χ2n) is 6.83. The monoisotopic (exact) mass is 435 g/mol. The largest absolute Gasteiger partial charge is 0.507 e. The first-order valence-electron chi connectivity index (χ1n) is 9.19. The average molecular weight is 435 g/mol. The molecule has 3 N–H and O–H groups in total. The molecule has 0 saturated carbocycles. The first-order valence-corrected chi connectivity index (χ1v) is 10.7. The zero-order valence-corrected chi connectivity index (χ0v) is 16.9. The second kappa shape index (κ2) is 7.78. The van der Waals surface area contributed by atoms with Crippen LogP contribution in [0, 0.1) is 0 Å². The van der Waals surface area contributed by atoms with Crippen molar-refractivity contribution in [2.45, 2.75) is 10.9 Å². The predicted molar refractivity (Wildman–Crippen MR) is 113 cm³/mol. The summed E-state index contributed by atoms with van der Waals surface area (Å²) in [5.41, 5.74) is 0.906. The average Bonchev–Trinajstić information content (AvgIpc) is 3.04. The normalized spacial score (nSPS) is 18.4. The molecule has 1 fully saturated rings. The fraction of sp³-hybridized carbons (Fsp3) is 0.0455. The van der Waals surface area contributed by atoms with Crippen molar-refractivity contribution in [2.24, 2.45) is 5.14 Å². The number of pyridine rings is 1. The number of aliphatic hydroxyl groups is 1. The molecule has 8 nitrogen and oxygen atoms in total. The number of primary sulfonamides is 1. The molecule has 0 bridgehead atoms. The Kier molecular flexibility index (Phi) is 5.14. The molecule has 1 aliphatic rings. The summed E-state index contributed by atoms with van der Waals surface area (Å²) >= 11 is 0. The van der Waals surface area contributed by atoms with Gasteiger partial charge in [0.05, 0.1) is 16.2 Å². The quantitative estimate of drug-likeness (QED) is 0.367. The van der Waals surface area contributed by atoms with Crippen molar-refractivity contribution in [1.29, 1.82) is 0 Å². The molecule has 1 unspecified atom stereocenters. The lowest BCUT2D eigenvalue weighted by atomic mass is 9.98. The summed E-state index contributed by atoms with van der Waals surface area (Å²) in [5, 5.41) is 16.1. The molecule has 0 spiro atoms. The molecule has 3 aromatic rings. The molecule has 1 amide bonds. The highest BCUT2D eigenvalue weighted by atomic mass is 32.2. The van der Waals surface area contributed by atoms with E-state index in [-0.39, 0.29) is 21.9 Å². The first kappa shape index (κ1) is 20.5. The highest BCUT2D eigenvalue weighted by Crippen LogP contribution is 2.41. The molecule has 4 rings (SSSR count). The van der Waals surface area contributed by atoms with Crippen LogP contribution in [0.4, 0.5) is 5.69 Å². The Balaban J connectivity index is 1.91. The van der Waals surface area contributed by atoms with Gasteiger partial charge in [0.1, 0.15) is 11.8 Å². The number of amides is 1. The number of carbonyl (C=O) groups is 2. The van der Waals surface area contributed by atoms with Gasteiger partial charge in [0, 0.05) is 17.4 Å². The summed E-state index contributed by atoms with van der Waals surface area (Å²) in [7, 11) is -3.93. The second-order valence-corrected chi connectivity index (χ2v) is 8.39. The summed E-state index contributed by atoms with van der Waals surface area (Å²) in [5.74, 6) is -2.05. The Labute approximate surface area is 178 Å². The molecule has 156 valence electrons. The number of anilines is 1. The first-order chi connectivity index (χ1) is 14.8. The van der Waals surface area contributed by atoms with E-state index in [1.807, 2.05) is 0 Å². The van der Waals surface area contributed by atoms with Crippen molar-refractivity contribution >= 4 is 33.2 Å². The van der Waals surface area contributed by atoms with Crippen LogP contribution in [0.3, 0.4) is 0 Å². The maximum absolute atomic E-state index is 13.0. The van der Waals surface area contributed by atoms with Gasteiger partial charge in [-0.1, -0.05) is 36.4 Å². The maximum atomic E-state index is 13.0. The number of hydrogen-bond donors (Lipinski definition) is 2. The lowest BCUT2D eigenvalue weighted by Gasteiger charge is -2.24. The molecule has 2 aromatic carbocycles. The molecular weight excluding hydrogens is 418 g/mol. The highest BCUT2D eigenvalue weighted by molar-refractivity contribution is 7.89. The Hall–Kier alpha value is -3.82. The maximum Gasteiger partial charge on any atom is 0.300 e. The number of nitrogens with zero attached hydrogens (tertiary/aromatic N) is 2. The molecular formula is C22H17N3O5S. The van der Waals surface area contributed by atoms with Gasteiger partial charge in [-0.2, -0.15) is 0 Å². The Bertz CT molecular complexity index is 1290. The van der Waals surface area contributed by atoms with Crippen molar-refractivity contribution in [3.05, 3.63) is 95.8 Å². The van der Waals surface area contributed by atoms with Crippen LogP contribution in [0.1, 0.15) is 17.3 Å². The molecule has 1 aliphatic heterocycles. The molecule has 0 radical (unpaired) electrons. The zero-order valence-electron chi connectivity index (χ0n) is 16.0. The van der Waals surface area contributed by atoms with E-state index in [4.69, 9.17) is 5.14 Å². The van der Waals surface area contributed by atoms with Crippen molar-refractivity contribution in [3.63, 3.8) is 0 Å². The Morgan fingerprint density at radius 3 is 2.16 bits per heavy atom. The molecule has 9 heteroatoms. The van der Waals surface area contributed by atoms with Gasteiger partial charge < -0.3 is 5.11 Å². The van der Waals surface area contributed by atoms with Crippen molar-refractivity contribution < 1.29 is 23.1 Å². The number of benzene rings is 2. The molecule has 1 aromatic heterocycles. The van der Waals surface area contributed by atoms with E-state index < -0.39 is 27.8 Å². The number of rotatable bonds is 4. The molecule has 1 atom stereocenters. The lowest BCUT2D eigenvalue weighted by molar-refractivity contribution is -0.132. The zero-order chi connectivity index (χ0) is 22.2. The third-order valence-electron chi connectivity index (χ3n) is 4.90. The van der Waals surface area contributed by atoms with Gasteiger partial charge in [-0.25, -0.2) is 13.6 Å². The number of Topliss-reactive ketones (excluding diaryl/α,β-unsaturated/α-hetero) is 1. The van der Waals surface area contributed by atoms with Crippen LogP contribution >= 0.6 is 0 Å². The van der Waals surface area contributed by atoms with Crippen molar-refractivity contribution in [2.75, 3.05) is 4.90 Å². The number of sulfonamides is 1. The third kappa shape index (κ3) is 3.72. The smallest absolute Gasteiger partial charge is 0.300 e. The van der Waals surface area contributed by atoms with Crippen LogP contribution < -0.4 is 10.0 Å². The number of nitrogens with two attached hydrogens (primary N) is 1. The van der Waals surface area contributed by atoms with Gasteiger partial charge in [0.2, 0.25) is 10.0 Å². The fourth-order valence-electron chi connectivity index (χ4n) is 3.46. The van der Waals surface area contributed by atoms with E-state index >= 15 is 0 Å². The van der Waals surface area contributed by atoms with E-state index in [2.05, 4.69) is 4.98 Å². The molecule has 0 aliphatic carbocycles. The van der Waals surface area contributed by atoms with E-state index in [9.17, 15) is 23.1 Å². The van der Waals surface area contributed by atoms with E-state index in [1.165, 1.54) is 35.4 Å². The minimum atomic E-state index is -3.93. The van der Waals surface area contributed by atoms with E-state index in [0.29, 0.717) is 11.3 Å². The summed E-state index contributed by atoms with van der Waals surface area (Å²) in [6.45, 7) is 0. The number of ketones is 1. The Morgan fingerprint density at radius 2 is 1.58 bits per heavy atom. The standard InChI is InChI=1S/C22H17N3O5S/c23-31(29,30)16-11-9-15(10-12-16)25-19(17-8-4-5-13-24-17)18(21(27)22(25)28)20(26)14-6-2-1-3-7-14/h1-13,19,26H,(H2,23,29,30)/b20-18+. The fourth-order valence-corrected chi connectivity index (χ4v) is 3.98. The SMILES string of the molecule is NS(=O)(=O)c1ccc(N2C(=O)C(=O)/C(=C(/O)c3ccccc3)C2c2ccccn2)cc1.